The largest absolute Gasteiger partial charge is 0.466 e. The third-order valence-electron chi connectivity index (χ3n) is 11.6. The zero-order chi connectivity index (χ0) is 43.0. The zero-order valence-corrected chi connectivity index (χ0v) is 39.2. The summed E-state index contributed by atoms with van der Waals surface area (Å²) >= 11 is 0. The third-order valence-corrected chi connectivity index (χ3v) is 11.6. The van der Waals surface area contributed by atoms with Gasteiger partial charge in [0.15, 0.2) is 0 Å². The molecule has 3 N–H and O–H groups in total. The van der Waals surface area contributed by atoms with Crippen molar-refractivity contribution in [3.63, 3.8) is 0 Å². The molecule has 0 aliphatic heterocycles. The molecule has 6 heteroatoms. The van der Waals surface area contributed by atoms with Gasteiger partial charge < -0.3 is 20.3 Å². The van der Waals surface area contributed by atoms with Crippen molar-refractivity contribution in [3.8, 4) is 0 Å². The van der Waals surface area contributed by atoms with E-state index in [4.69, 9.17) is 4.74 Å². The molecule has 6 nitrogen and oxygen atoms in total. The first-order valence-corrected chi connectivity index (χ1v) is 25.8. The van der Waals surface area contributed by atoms with Crippen LogP contribution >= 0.6 is 0 Å². The average molecular weight is 830 g/mol. The molecule has 0 saturated carbocycles. The van der Waals surface area contributed by atoms with Crippen LogP contribution in [-0.2, 0) is 14.3 Å². The van der Waals surface area contributed by atoms with E-state index in [2.05, 4.69) is 43.5 Å². The lowest BCUT2D eigenvalue weighted by atomic mass is 10.0. The highest BCUT2D eigenvalue weighted by atomic mass is 16.5. The minimum Gasteiger partial charge on any atom is -0.466 e. The van der Waals surface area contributed by atoms with Crippen molar-refractivity contribution in [1.29, 1.82) is 0 Å². The van der Waals surface area contributed by atoms with Gasteiger partial charge in [0, 0.05) is 12.8 Å². The molecule has 0 heterocycles. The molecular formula is C53H99NO5. The van der Waals surface area contributed by atoms with Crippen molar-refractivity contribution in [2.45, 2.75) is 276 Å². The molecule has 0 fully saturated rings. The molecule has 0 radical (unpaired) electrons. The lowest BCUT2D eigenvalue weighted by Gasteiger charge is -2.20. The van der Waals surface area contributed by atoms with E-state index < -0.39 is 12.1 Å². The van der Waals surface area contributed by atoms with Gasteiger partial charge >= 0.3 is 5.97 Å². The highest BCUT2D eigenvalue weighted by Crippen LogP contribution is 2.15. The topological polar surface area (TPSA) is 95.9 Å². The van der Waals surface area contributed by atoms with Crippen LogP contribution in [0.1, 0.15) is 264 Å². The number of amides is 1. The Morgan fingerprint density at radius 2 is 0.797 bits per heavy atom. The monoisotopic (exact) mass is 830 g/mol. The summed E-state index contributed by atoms with van der Waals surface area (Å²) in [4.78, 5) is 24.5. The van der Waals surface area contributed by atoms with E-state index in [-0.39, 0.29) is 18.5 Å². The predicted octanol–water partition coefficient (Wildman–Crippen LogP) is 15.3. The van der Waals surface area contributed by atoms with Crippen LogP contribution in [0.5, 0.6) is 0 Å². The van der Waals surface area contributed by atoms with Crippen molar-refractivity contribution in [1.82, 2.24) is 5.32 Å². The molecule has 0 aliphatic rings. The number of unbranched alkanes of at least 4 members (excludes halogenated alkanes) is 32. The molecule has 0 bridgehead atoms. The lowest BCUT2D eigenvalue weighted by molar-refractivity contribution is -0.143. The molecule has 0 rings (SSSR count). The van der Waals surface area contributed by atoms with E-state index in [9.17, 15) is 19.8 Å². The second-order valence-corrected chi connectivity index (χ2v) is 17.5. The summed E-state index contributed by atoms with van der Waals surface area (Å²) in [6, 6.07) is -0.653. The molecule has 0 aromatic carbocycles. The fraction of sp³-hybridized carbons (Fsp3) is 0.849. The molecule has 0 saturated heterocycles. The van der Waals surface area contributed by atoms with Gasteiger partial charge in [-0.2, -0.15) is 0 Å². The maximum Gasteiger partial charge on any atom is 0.305 e. The number of hydrogen-bond acceptors (Lipinski definition) is 5. The number of allylic oxidation sites excluding steroid dienone is 5. The second-order valence-electron chi connectivity index (χ2n) is 17.5. The molecule has 0 aromatic heterocycles. The van der Waals surface area contributed by atoms with Gasteiger partial charge in [-0.05, 0) is 83.5 Å². The maximum absolute atomic E-state index is 12.4. The van der Waals surface area contributed by atoms with Crippen LogP contribution in [0.15, 0.2) is 36.5 Å². The Kier molecular flexibility index (Phi) is 47.2. The molecule has 0 spiro atoms. The van der Waals surface area contributed by atoms with Crippen molar-refractivity contribution < 1.29 is 24.5 Å². The van der Waals surface area contributed by atoms with Crippen LogP contribution < -0.4 is 5.32 Å². The first-order valence-electron chi connectivity index (χ1n) is 25.8. The fourth-order valence-corrected chi connectivity index (χ4v) is 7.62. The molecule has 0 aliphatic carbocycles. The zero-order valence-electron chi connectivity index (χ0n) is 39.2. The van der Waals surface area contributed by atoms with E-state index in [1.54, 1.807) is 6.08 Å². The number of aliphatic hydroxyl groups excluding tert-OH is 2. The Balaban J connectivity index is 3.55. The first-order chi connectivity index (χ1) is 29.0. The van der Waals surface area contributed by atoms with Crippen molar-refractivity contribution in [2.24, 2.45) is 0 Å². The molecule has 1 amide bonds. The Labute approximate surface area is 366 Å². The Bertz CT molecular complexity index is 962. The number of carbonyl (C=O) groups excluding carboxylic acids is 2. The van der Waals surface area contributed by atoms with Gasteiger partial charge in [0.25, 0.3) is 0 Å². The van der Waals surface area contributed by atoms with Gasteiger partial charge in [-0.1, -0.05) is 204 Å². The van der Waals surface area contributed by atoms with Crippen molar-refractivity contribution in [2.75, 3.05) is 13.2 Å². The highest BCUT2D eigenvalue weighted by molar-refractivity contribution is 5.76. The summed E-state index contributed by atoms with van der Waals surface area (Å²) in [6.45, 7) is 4.80. The number of ether oxygens (including phenoxy) is 1. The SMILES string of the molecule is CCCCCCCCC/C=C\CCCCCCCCCC(=O)OCCCC/C=C\CCCCCCC(=O)NC(CO)C(O)/C=C/CCCCCCCCCCCCCC. The van der Waals surface area contributed by atoms with Crippen molar-refractivity contribution in [3.05, 3.63) is 36.5 Å². The Hall–Kier alpha value is -1.92. The standard InChI is InChI=1S/C53H99NO5/c1-3-5-7-9-11-13-15-17-19-20-21-22-24-26-31-35-39-43-47-53(58)59-48-44-40-36-32-28-27-30-34-38-42-46-52(57)54-50(49-55)51(56)45-41-37-33-29-25-23-18-16-14-12-10-8-6-4-2/h19-20,28,32,41,45,50-51,55-56H,3-18,21-27,29-31,33-40,42-44,46-49H2,1-2H3,(H,54,57)/b20-19-,32-28-,45-41+. The van der Waals surface area contributed by atoms with Gasteiger partial charge in [-0.3, -0.25) is 9.59 Å². The number of aliphatic hydroxyl groups is 2. The summed E-state index contributed by atoms with van der Waals surface area (Å²) in [7, 11) is 0. The molecule has 2 unspecified atom stereocenters. The van der Waals surface area contributed by atoms with E-state index in [1.165, 1.54) is 161 Å². The van der Waals surface area contributed by atoms with Gasteiger partial charge in [-0.15, -0.1) is 0 Å². The maximum atomic E-state index is 12.4. The molecule has 346 valence electrons. The lowest BCUT2D eigenvalue weighted by Crippen LogP contribution is -2.45. The van der Waals surface area contributed by atoms with Gasteiger partial charge in [0.05, 0.1) is 25.4 Å². The smallest absolute Gasteiger partial charge is 0.305 e. The predicted molar refractivity (Wildman–Crippen MR) is 255 cm³/mol. The van der Waals surface area contributed by atoms with Gasteiger partial charge in [-0.25, -0.2) is 0 Å². The van der Waals surface area contributed by atoms with Gasteiger partial charge in [0.1, 0.15) is 0 Å². The molecular weight excluding hydrogens is 731 g/mol. The molecule has 59 heavy (non-hydrogen) atoms. The van der Waals surface area contributed by atoms with Crippen molar-refractivity contribution >= 4 is 11.9 Å². The van der Waals surface area contributed by atoms with E-state index in [0.717, 1.165) is 77.0 Å². The molecule has 0 aromatic rings. The average Bonchev–Trinajstić information content (AvgIpc) is 3.24. The molecule has 2 atom stereocenters. The highest BCUT2D eigenvalue weighted by Gasteiger charge is 2.18. The van der Waals surface area contributed by atoms with Crippen LogP contribution in [0, 0.1) is 0 Å². The first kappa shape index (κ1) is 57.1. The Morgan fingerprint density at radius 3 is 1.20 bits per heavy atom. The van der Waals surface area contributed by atoms with Crippen LogP contribution in [0.3, 0.4) is 0 Å². The quantitative estimate of drug-likeness (QED) is 0.0323. The summed E-state index contributed by atoms with van der Waals surface area (Å²) in [5.41, 5.74) is 0. The van der Waals surface area contributed by atoms with E-state index in [1.807, 2.05) is 6.08 Å². The van der Waals surface area contributed by atoms with Gasteiger partial charge in [0.2, 0.25) is 5.91 Å². The van der Waals surface area contributed by atoms with E-state index >= 15 is 0 Å². The summed E-state index contributed by atoms with van der Waals surface area (Å²) in [5, 5.41) is 23.0. The van der Waals surface area contributed by atoms with Crippen LogP contribution in [0.25, 0.3) is 0 Å². The van der Waals surface area contributed by atoms with E-state index in [0.29, 0.717) is 19.4 Å². The minimum atomic E-state index is -0.866. The number of rotatable bonds is 47. The number of nitrogens with one attached hydrogen (secondary N) is 1. The van der Waals surface area contributed by atoms with Crippen LogP contribution in [0.2, 0.25) is 0 Å². The summed E-state index contributed by atoms with van der Waals surface area (Å²) in [5.74, 6) is -0.147. The normalized spacial score (nSPS) is 12.9. The van der Waals surface area contributed by atoms with Crippen LogP contribution in [0.4, 0.5) is 0 Å². The van der Waals surface area contributed by atoms with Crippen LogP contribution in [-0.4, -0.2) is 47.4 Å². The fourth-order valence-electron chi connectivity index (χ4n) is 7.62. The minimum absolute atomic E-state index is 0.0420. The number of carbonyl (C=O) groups is 2. The summed E-state index contributed by atoms with van der Waals surface area (Å²) < 4.78 is 5.44. The third kappa shape index (κ3) is 45.4. The number of hydrogen-bond donors (Lipinski definition) is 3. The second kappa shape index (κ2) is 48.7. The Morgan fingerprint density at radius 1 is 0.458 bits per heavy atom. The summed E-state index contributed by atoms with van der Waals surface area (Å²) in [6.07, 6.45) is 58.6. The number of esters is 1.